The summed E-state index contributed by atoms with van der Waals surface area (Å²) in [6.07, 6.45) is 4.65. The van der Waals surface area contributed by atoms with Gasteiger partial charge < -0.3 is 15.4 Å². The van der Waals surface area contributed by atoms with Crippen molar-refractivity contribution < 1.29 is 23.9 Å². The van der Waals surface area contributed by atoms with Crippen molar-refractivity contribution in [2.45, 2.75) is 45.4 Å². The van der Waals surface area contributed by atoms with E-state index in [4.69, 9.17) is 4.74 Å². The van der Waals surface area contributed by atoms with E-state index in [0.29, 0.717) is 25.2 Å². The molecule has 0 spiro atoms. The van der Waals surface area contributed by atoms with Gasteiger partial charge in [0.15, 0.2) is 6.61 Å². The molecule has 3 atom stereocenters. The zero-order valence-corrected chi connectivity index (χ0v) is 14.1. The molecule has 2 aliphatic rings. The van der Waals surface area contributed by atoms with Gasteiger partial charge in [0.05, 0.1) is 12.5 Å². The Morgan fingerprint density at radius 1 is 1.08 bits per heavy atom. The summed E-state index contributed by atoms with van der Waals surface area (Å²) < 4.78 is 5.06. The van der Waals surface area contributed by atoms with Crippen molar-refractivity contribution in [1.29, 1.82) is 0 Å². The average molecular weight is 338 g/mol. The predicted octanol–water partition coefficient (Wildman–Crippen LogP) is 0.567. The molecule has 2 saturated carbocycles. The van der Waals surface area contributed by atoms with Crippen molar-refractivity contribution in [3.05, 3.63) is 0 Å². The maximum absolute atomic E-state index is 12.1. The number of ketones is 1. The van der Waals surface area contributed by atoms with Gasteiger partial charge in [-0.1, -0.05) is 13.3 Å². The van der Waals surface area contributed by atoms with Crippen LogP contribution in [0.25, 0.3) is 0 Å². The molecular formula is C17H26N2O5. The van der Waals surface area contributed by atoms with Gasteiger partial charge in [-0.25, -0.2) is 0 Å². The maximum Gasteiger partial charge on any atom is 0.309 e. The normalized spacial score (nSPS) is 25.7. The third-order valence-corrected chi connectivity index (χ3v) is 4.75. The molecule has 2 amide bonds. The van der Waals surface area contributed by atoms with Crippen LogP contribution in [0.15, 0.2) is 0 Å². The molecule has 2 bridgehead atoms. The molecule has 2 fully saturated rings. The molecule has 0 aromatic heterocycles. The lowest BCUT2D eigenvalue weighted by molar-refractivity contribution is -0.156. The number of esters is 1. The third-order valence-electron chi connectivity index (χ3n) is 4.75. The van der Waals surface area contributed by atoms with Crippen molar-refractivity contribution in [1.82, 2.24) is 10.6 Å². The van der Waals surface area contributed by atoms with E-state index in [2.05, 4.69) is 10.6 Å². The van der Waals surface area contributed by atoms with Crippen molar-refractivity contribution in [3.8, 4) is 0 Å². The summed E-state index contributed by atoms with van der Waals surface area (Å²) in [6, 6.07) is 0. The standard InChI is InChI=1S/C17H26N2O5/c1-2-6-18-14(20)9-19-15(21)10-24-17(23)13-7-11-4-3-5-12(8-13)16(11)22/h11-13H,2-10H2,1H3,(H,18,20)(H,19,21)/t11-,12+,13?. The quantitative estimate of drug-likeness (QED) is 0.661. The summed E-state index contributed by atoms with van der Waals surface area (Å²) in [4.78, 5) is 47.1. The largest absolute Gasteiger partial charge is 0.455 e. The zero-order chi connectivity index (χ0) is 17.5. The van der Waals surface area contributed by atoms with Crippen LogP contribution in [0.3, 0.4) is 0 Å². The highest BCUT2D eigenvalue weighted by Gasteiger charge is 2.41. The number of rotatable bonds is 7. The Labute approximate surface area is 141 Å². The van der Waals surface area contributed by atoms with E-state index in [0.717, 1.165) is 25.7 Å². The van der Waals surface area contributed by atoms with Crippen LogP contribution in [0.4, 0.5) is 0 Å². The van der Waals surface area contributed by atoms with Crippen molar-refractivity contribution in [2.75, 3.05) is 19.7 Å². The molecule has 0 aromatic carbocycles. The molecule has 0 aliphatic heterocycles. The van der Waals surface area contributed by atoms with Gasteiger partial charge in [-0.3, -0.25) is 19.2 Å². The molecule has 0 heterocycles. The Hall–Kier alpha value is -1.92. The lowest BCUT2D eigenvalue weighted by Crippen LogP contribution is -2.41. The monoisotopic (exact) mass is 338 g/mol. The van der Waals surface area contributed by atoms with Gasteiger partial charge >= 0.3 is 5.97 Å². The number of amides is 2. The Kier molecular flexibility index (Phi) is 6.75. The van der Waals surface area contributed by atoms with Gasteiger partial charge in [0.25, 0.3) is 5.91 Å². The first-order valence-corrected chi connectivity index (χ1v) is 8.75. The molecule has 7 nitrogen and oxygen atoms in total. The number of fused-ring (bicyclic) bond motifs is 2. The predicted molar refractivity (Wildman–Crippen MR) is 85.8 cm³/mol. The Balaban J connectivity index is 1.68. The first kappa shape index (κ1) is 18.4. The van der Waals surface area contributed by atoms with Crippen LogP contribution in [0, 0.1) is 17.8 Å². The highest BCUT2D eigenvalue weighted by atomic mass is 16.5. The van der Waals surface area contributed by atoms with Crippen LogP contribution in [0.5, 0.6) is 0 Å². The van der Waals surface area contributed by atoms with Gasteiger partial charge in [-0.2, -0.15) is 0 Å². The van der Waals surface area contributed by atoms with E-state index in [-0.39, 0.29) is 36.8 Å². The van der Waals surface area contributed by atoms with Gasteiger partial charge in [-0.15, -0.1) is 0 Å². The maximum atomic E-state index is 12.1. The lowest BCUT2D eigenvalue weighted by atomic mass is 9.67. The molecule has 0 aromatic rings. The minimum Gasteiger partial charge on any atom is -0.455 e. The second kappa shape index (κ2) is 8.80. The third kappa shape index (κ3) is 5.04. The fourth-order valence-corrected chi connectivity index (χ4v) is 3.48. The molecular weight excluding hydrogens is 312 g/mol. The minimum atomic E-state index is -0.498. The van der Waals surface area contributed by atoms with Gasteiger partial charge in [0, 0.05) is 18.4 Å². The number of Topliss-reactive ketones (excluding diaryl/α,β-unsaturated/α-hetero) is 1. The highest BCUT2D eigenvalue weighted by molar-refractivity contribution is 5.88. The van der Waals surface area contributed by atoms with Gasteiger partial charge in [0.2, 0.25) is 5.91 Å². The fraction of sp³-hybridized carbons (Fsp3) is 0.765. The molecule has 2 rings (SSSR count). The molecule has 0 saturated heterocycles. The fourth-order valence-electron chi connectivity index (χ4n) is 3.48. The zero-order valence-electron chi connectivity index (χ0n) is 14.1. The number of hydrogen-bond donors (Lipinski definition) is 2. The summed E-state index contributed by atoms with van der Waals surface area (Å²) in [5.41, 5.74) is 0. The van der Waals surface area contributed by atoms with E-state index in [9.17, 15) is 19.2 Å². The highest BCUT2D eigenvalue weighted by Crippen LogP contribution is 2.40. The summed E-state index contributed by atoms with van der Waals surface area (Å²) in [5, 5.41) is 5.05. The molecule has 2 N–H and O–H groups in total. The number of carbonyl (C=O) groups is 4. The molecule has 2 aliphatic carbocycles. The van der Waals surface area contributed by atoms with Crippen LogP contribution in [0.2, 0.25) is 0 Å². The lowest BCUT2D eigenvalue weighted by Gasteiger charge is -2.36. The van der Waals surface area contributed by atoms with E-state index >= 15 is 0 Å². The number of carbonyl (C=O) groups excluding carboxylic acids is 4. The van der Waals surface area contributed by atoms with Gasteiger partial charge in [-0.05, 0) is 32.1 Å². The van der Waals surface area contributed by atoms with E-state index < -0.39 is 11.9 Å². The molecule has 24 heavy (non-hydrogen) atoms. The Morgan fingerprint density at radius 2 is 1.75 bits per heavy atom. The number of ether oxygens (including phenoxy) is 1. The molecule has 1 unspecified atom stereocenters. The van der Waals surface area contributed by atoms with Gasteiger partial charge in [0.1, 0.15) is 5.78 Å². The first-order chi connectivity index (χ1) is 11.5. The summed E-state index contributed by atoms with van der Waals surface area (Å²) in [7, 11) is 0. The number of hydrogen-bond acceptors (Lipinski definition) is 5. The van der Waals surface area contributed by atoms with E-state index in [1.807, 2.05) is 6.92 Å². The topological polar surface area (TPSA) is 102 Å². The summed E-state index contributed by atoms with van der Waals surface area (Å²) in [6.45, 7) is 1.98. The van der Waals surface area contributed by atoms with Crippen molar-refractivity contribution >= 4 is 23.6 Å². The van der Waals surface area contributed by atoms with Crippen LogP contribution in [0.1, 0.15) is 45.4 Å². The Bertz CT molecular complexity index is 489. The van der Waals surface area contributed by atoms with Crippen LogP contribution in [-0.2, 0) is 23.9 Å². The second-order valence-corrected chi connectivity index (χ2v) is 6.63. The van der Waals surface area contributed by atoms with E-state index in [1.54, 1.807) is 0 Å². The smallest absolute Gasteiger partial charge is 0.309 e. The van der Waals surface area contributed by atoms with E-state index in [1.165, 1.54) is 0 Å². The Morgan fingerprint density at radius 3 is 2.38 bits per heavy atom. The SMILES string of the molecule is CCCNC(=O)CNC(=O)COC(=O)C1C[C@H]2CCC[C@@H](C1)C2=O. The number of nitrogens with one attached hydrogen (secondary N) is 2. The van der Waals surface area contributed by atoms with Crippen LogP contribution >= 0.6 is 0 Å². The van der Waals surface area contributed by atoms with Crippen molar-refractivity contribution in [2.24, 2.45) is 17.8 Å². The second-order valence-electron chi connectivity index (χ2n) is 6.63. The average Bonchev–Trinajstić information content (AvgIpc) is 2.55. The molecule has 134 valence electrons. The first-order valence-electron chi connectivity index (χ1n) is 8.75. The summed E-state index contributed by atoms with van der Waals surface area (Å²) >= 11 is 0. The van der Waals surface area contributed by atoms with Crippen molar-refractivity contribution in [3.63, 3.8) is 0 Å². The van der Waals surface area contributed by atoms with Crippen LogP contribution in [-0.4, -0.2) is 43.3 Å². The summed E-state index contributed by atoms with van der Waals surface area (Å²) in [5.74, 6) is -1.22. The molecule has 7 heteroatoms. The molecule has 0 radical (unpaired) electrons. The van der Waals surface area contributed by atoms with Crippen LogP contribution < -0.4 is 10.6 Å². The minimum absolute atomic E-state index is 0.0221.